The fourth-order valence-electron chi connectivity index (χ4n) is 5.11. The summed E-state index contributed by atoms with van der Waals surface area (Å²) in [6, 6.07) is 4.91. The van der Waals surface area contributed by atoms with Crippen LogP contribution in [0.25, 0.3) is 0 Å². The van der Waals surface area contributed by atoms with Gasteiger partial charge < -0.3 is 5.32 Å². The molecule has 26 heavy (non-hydrogen) atoms. The Labute approximate surface area is 160 Å². The van der Waals surface area contributed by atoms with Crippen molar-refractivity contribution in [2.45, 2.75) is 6.42 Å². The van der Waals surface area contributed by atoms with Crippen LogP contribution in [-0.4, -0.2) is 29.2 Å². The first kappa shape index (κ1) is 16.3. The zero-order valence-electron chi connectivity index (χ0n) is 13.7. The minimum absolute atomic E-state index is 0.155. The average molecular weight is 391 g/mol. The largest absolute Gasteiger partial charge is 0.323 e. The van der Waals surface area contributed by atoms with Gasteiger partial charge in [0.05, 0.1) is 27.6 Å². The number of hydrogen-bond acceptors (Lipinski definition) is 3. The lowest BCUT2D eigenvalue weighted by Crippen LogP contribution is -2.40. The van der Waals surface area contributed by atoms with Gasteiger partial charge in [0.25, 0.3) is 0 Å². The van der Waals surface area contributed by atoms with Crippen molar-refractivity contribution < 1.29 is 14.4 Å². The molecule has 7 heteroatoms. The highest BCUT2D eigenvalue weighted by molar-refractivity contribution is 6.44. The minimum Gasteiger partial charge on any atom is -0.323 e. The van der Waals surface area contributed by atoms with E-state index in [2.05, 4.69) is 17.5 Å². The number of hydrogen-bond donors (Lipinski definition) is 1. The van der Waals surface area contributed by atoms with Crippen LogP contribution >= 0.6 is 23.2 Å². The van der Waals surface area contributed by atoms with Crippen LogP contribution in [0.2, 0.25) is 10.0 Å². The number of allylic oxidation sites excluding steroid dienone is 2. The predicted molar refractivity (Wildman–Crippen MR) is 96.5 cm³/mol. The maximum absolute atomic E-state index is 12.9. The number of carbonyl (C=O) groups excluding carboxylic acids is 3. The smallest absolute Gasteiger partial charge is 0.244 e. The number of amides is 3. The van der Waals surface area contributed by atoms with Crippen molar-refractivity contribution >= 4 is 46.6 Å². The van der Waals surface area contributed by atoms with E-state index in [1.807, 2.05) is 0 Å². The standard InChI is InChI=1S/C19H16Cl2N2O3/c20-12-2-1-3-13(17(12)21)22-14(24)7-23-18(25)15-8-4-5-9(11-6-10(8)11)16(15)19(23)26/h1-5,8-11,15-16H,6-7H2,(H,22,24). The van der Waals surface area contributed by atoms with Crippen LogP contribution < -0.4 is 5.32 Å². The van der Waals surface area contributed by atoms with E-state index in [0.717, 1.165) is 11.3 Å². The number of benzene rings is 1. The van der Waals surface area contributed by atoms with E-state index in [0.29, 0.717) is 22.5 Å². The Morgan fingerprint density at radius 2 is 1.69 bits per heavy atom. The van der Waals surface area contributed by atoms with Crippen molar-refractivity contribution in [2.24, 2.45) is 35.5 Å². The van der Waals surface area contributed by atoms with Gasteiger partial charge in [-0.15, -0.1) is 0 Å². The molecular formula is C19H16Cl2N2O3. The van der Waals surface area contributed by atoms with Crippen LogP contribution in [-0.2, 0) is 14.4 Å². The second-order valence-electron chi connectivity index (χ2n) is 7.57. The lowest BCUT2D eigenvalue weighted by Gasteiger charge is -2.37. The SMILES string of the molecule is O=C(CN1C(=O)C2C3C=CC(C4CC34)C2C1=O)Nc1cccc(Cl)c1Cl. The Hall–Kier alpha value is -1.85. The molecule has 2 bridgehead atoms. The summed E-state index contributed by atoms with van der Waals surface area (Å²) in [5.74, 6) is -0.0606. The molecule has 0 radical (unpaired) electrons. The second-order valence-corrected chi connectivity index (χ2v) is 8.35. The van der Waals surface area contributed by atoms with E-state index in [9.17, 15) is 14.4 Å². The van der Waals surface area contributed by atoms with E-state index < -0.39 is 5.91 Å². The zero-order valence-corrected chi connectivity index (χ0v) is 15.2. The quantitative estimate of drug-likeness (QED) is 0.637. The number of likely N-dealkylation sites (tertiary alicyclic amines) is 1. The van der Waals surface area contributed by atoms with Crippen molar-refractivity contribution in [1.29, 1.82) is 0 Å². The first-order valence-electron chi connectivity index (χ1n) is 8.75. The molecule has 0 spiro atoms. The molecule has 1 aromatic rings. The summed E-state index contributed by atoms with van der Waals surface area (Å²) < 4.78 is 0. The Morgan fingerprint density at radius 3 is 2.31 bits per heavy atom. The number of rotatable bonds is 3. The third-order valence-corrected chi connectivity index (χ3v) is 7.10. The molecule has 3 fully saturated rings. The van der Waals surface area contributed by atoms with Crippen molar-refractivity contribution in [1.82, 2.24) is 4.90 Å². The van der Waals surface area contributed by atoms with Crippen molar-refractivity contribution in [2.75, 3.05) is 11.9 Å². The van der Waals surface area contributed by atoms with Gasteiger partial charge in [0.15, 0.2) is 0 Å². The van der Waals surface area contributed by atoms with Crippen molar-refractivity contribution in [3.8, 4) is 0 Å². The van der Waals surface area contributed by atoms with Gasteiger partial charge in [0, 0.05) is 0 Å². The monoisotopic (exact) mass is 390 g/mol. The number of nitrogens with one attached hydrogen (secondary N) is 1. The number of nitrogens with zero attached hydrogens (tertiary/aromatic N) is 1. The minimum atomic E-state index is -0.458. The topological polar surface area (TPSA) is 66.5 Å². The maximum atomic E-state index is 12.9. The van der Waals surface area contributed by atoms with E-state index in [-0.39, 0.29) is 47.1 Å². The average Bonchev–Trinajstić information content (AvgIpc) is 3.40. The van der Waals surface area contributed by atoms with Crippen LogP contribution in [0.15, 0.2) is 30.4 Å². The molecule has 6 rings (SSSR count). The van der Waals surface area contributed by atoms with E-state index in [4.69, 9.17) is 23.2 Å². The Bertz CT molecular complexity index is 848. The Balaban J connectivity index is 1.34. The lowest BCUT2D eigenvalue weighted by molar-refractivity contribution is -0.142. The summed E-state index contributed by atoms with van der Waals surface area (Å²) in [5, 5.41) is 3.20. The molecule has 1 heterocycles. The van der Waals surface area contributed by atoms with Crippen LogP contribution in [0.5, 0.6) is 0 Å². The molecule has 1 saturated heterocycles. The van der Waals surface area contributed by atoms with Gasteiger partial charge in [0.2, 0.25) is 17.7 Å². The van der Waals surface area contributed by atoms with Crippen molar-refractivity contribution in [3.63, 3.8) is 0 Å². The second kappa shape index (κ2) is 5.57. The summed E-state index contributed by atoms with van der Waals surface area (Å²) in [7, 11) is 0. The third kappa shape index (κ3) is 2.20. The fourth-order valence-corrected chi connectivity index (χ4v) is 5.46. The molecule has 0 aromatic heterocycles. The van der Waals surface area contributed by atoms with Gasteiger partial charge in [-0.05, 0) is 42.2 Å². The molecule has 1 aromatic carbocycles. The van der Waals surface area contributed by atoms with Crippen LogP contribution in [0.4, 0.5) is 5.69 Å². The lowest BCUT2D eigenvalue weighted by atomic mass is 9.63. The summed E-state index contributed by atoms with van der Waals surface area (Å²) >= 11 is 12.0. The molecule has 4 aliphatic carbocycles. The maximum Gasteiger partial charge on any atom is 0.244 e. The van der Waals surface area contributed by atoms with E-state index >= 15 is 0 Å². The predicted octanol–water partition coefficient (Wildman–Crippen LogP) is 2.99. The molecule has 134 valence electrons. The first-order chi connectivity index (χ1) is 12.5. The van der Waals surface area contributed by atoms with Crippen LogP contribution in [0.1, 0.15) is 6.42 Å². The molecule has 2 saturated carbocycles. The third-order valence-electron chi connectivity index (χ3n) is 6.28. The number of imide groups is 1. The summed E-state index contributed by atoms with van der Waals surface area (Å²) in [5.41, 5.74) is 0.364. The summed E-state index contributed by atoms with van der Waals surface area (Å²) in [6.07, 6.45) is 5.34. The highest BCUT2D eigenvalue weighted by Crippen LogP contribution is 2.65. The molecule has 3 amide bonds. The number of carbonyl (C=O) groups is 3. The van der Waals surface area contributed by atoms with Gasteiger partial charge in [-0.1, -0.05) is 41.4 Å². The molecule has 5 aliphatic rings. The first-order valence-corrected chi connectivity index (χ1v) is 9.50. The zero-order chi connectivity index (χ0) is 18.2. The molecule has 6 atom stereocenters. The Morgan fingerprint density at radius 1 is 1.08 bits per heavy atom. The molecular weight excluding hydrogens is 375 g/mol. The number of anilines is 1. The van der Waals surface area contributed by atoms with Gasteiger partial charge in [-0.2, -0.15) is 0 Å². The molecule has 1 aliphatic heterocycles. The highest BCUT2D eigenvalue weighted by atomic mass is 35.5. The van der Waals surface area contributed by atoms with E-state index in [1.54, 1.807) is 18.2 Å². The normalized spacial score (nSPS) is 36.2. The highest BCUT2D eigenvalue weighted by Gasteiger charge is 2.67. The molecule has 5 nitrogen and oxygen atoms in total. The van der Waals surface area contributed by atoms with Crippen molar-refractivity contribution in [3.05, 3.63) is 40.4 Å². The summed E-state index contributed by atoms with van der Waals surface area (Å²) in [4.78, 5) is 39.2. The van der Waals surface area contributed by atoms with Crippen LogP contribution in [0.3, 0.4) is 0 Å². The van der Waals surface area contributed by atoms with Gasteiger partial charge in [0.1, 0.15) is 6.54 Å². The molecule has 6 unspecified atom stereocenters. The van der Waals surface area contributed by atoms with Gasteiger partial charge in [-0.25, -0.2) is 0 Å². The number of halogens is 2. The van der Waals surface area contributed by atoms with Gasteiger partial charge >= 0.3 is 0 Å². The summed E-state index contributed by atoms with van der Waals surface area (Å²) in [6.45, 7) is -0.289. The fraction of sp³-hybridized carbons (Fsp3) is 0.421. The molecule has 1 N–H and O–H groups in total. The van der Waals surface area contributed by atoms with Gasteiger partial charge in [-0.3, -0.25) is 19.3 Å². The van der Waals surface area contributed by atoms with Crippen LogP contribution in [0, 0.1) is 35.5 Å². The van der Waals surface area contributed by atoms with E-state index in [1.165, 1.54) is 0 Å². The Kier molecular flexibility index (Phi) is 3.50.